The third-order valence-corrected chi connectivity index (χ3v) is 8.01. The predicted octanol–water partition coefficient (Wildman–Crippen LogP) is 8.41. The highest BCUT2D eigenvalue weighted by Crippen LogP contribution is 2.40. The molecular weight excluding hydrogens is 553 g/mol. The zero-order valence-corrected chi connectivity index (χ0v) is 23.8. The zero-order valence-electron chi connectivity index (χ0n) is 23.0. The number of halogens is 3. The molecule has 2 N–H and O–H groups in total. The van der Waals surface area contributed by atoms with E-state index < -0.39 is 34.9 Å². The molecule has 1 fully saturated rings. The molecule has 0 saturated heterocycles. The normalized spacial score (nSPS) is 15.1. The van der Waals surface area contributed by atoms with Crippen LogP contribution in [0.25, 0.3) is 17.3 Å². The van der Waals surface area contributed by atoms with Gasteiger partial charge < -0.3 is 9.84 Å². The van der Waals surface area contributed by atoms with Gasteiger partial charge in [-0.05, 0) is 56.4 Å². The van der Waals surface area contributed by atoms with Gasteiger partial charge in [0, 0.05) is 39.8 Å². The van der Waals surface area contributed by atoms with Crippen LogP contribution in [0.5, 0.6) is 0 Å². The van der Waals surface area contributed by atoms with Gasteiger partial charge in [0.15, 0.2) is 5.13 Å². The molecule has 10 heteroatoms. The number of hydrogen-bond acceptors (Lipinski definition) is 5. The highest BCUT2D eigenvalue weighted by molar-refractivity contribution is 7.14. The van der Waals surface area contributed by atoms with Gasteiger partial charge in [-0.3, -0.25) is 10.1 Å². The number of carbonyl (C=O) groups is 2. The van der Waals surface area contributed by atoms with Crippen LogP contribution in [-0.4, -0.2) is 28.6 Å². The van der Waals surface area contributed by atoms with E-state index in [0.29, 0.717) is 17.9 Å². The number of amides is 1. The van der Waals surface area contributed by atoms with Gasteiger partial charge in [-0.15, -0.1) is 11.3 Å². The molecule has 3 aromatic rings. The maximum Gasteiger partial charge on any atom is 0.331 e. The third-order valence-electron chi connectivity index (χ3n) is 7.25. The molecule has 6 nitrogen and oxygen atoms in total. The molecule has 0 aliphatic heterocycles. The van der Waals surface area contributed by atoms with Crippen LogP contribution in [0.2, 0.25) is 0 Å². The largest absolute Gasteiger partial charge is 0.478 e. The molecule has 4 rings (SSSR count). The second-order valence-corrected chi connectivity index (χ2v) is 11.1. The summed E-state index contributed by atoms with van der Waals surface area (Å²) in [7, 11) is 0. The summed E-state index contributed by atoms with van der Waals surface area (Å²) in [6, 6.07) is 6.80. The molecule has 218 valence electrons. The number of carbonyl (C=O) groups excluding carboxylic acids is 1. The Morgan fingerprint density at radius 1 is 1.17 bits per heavy atom. The summed E-state index contributed by atoms with van der Waals surface area (Å²) in [5, 5.41) is 13.2. The van der Waals surface area contributed by atoms with Gasteiger partial charge in [-0.25, -0.2) is 22.9 Å². The maximum atomic E-state index is 15.9. The number of aliphatic carboxylic acids is 1. The number of nitrogens with one attached hydrogen (secondary N) is 1. The fourth-order valence-corrected chi connectivity index (χ4v) is 5.70. The van der Waals surface area contributed by atoms with Crippen LogP contribution in [0.4, 0.5) is 18.3 Å². The van der Waals surface area contributed by atoms with Crippen LogP contribution in [-0.2, 0) is 9.53 Å². The molecule has 1 saturated carbocycles. The first-order valence-corrected chi connectivity index (χ1v) is 14.7. The van der Waals surface area contributed by atoms with Crippen molar-refractivity contribution >= 4 is 34.4 Å². The quantitative estimate of drug-likeness (QED) is 0.174. The van der Waals surface area contributed by atoms with E-state index in [1.54, 1.807) is 23.6 Å². The topological polar surface area (TPSA) is 88.5 Å². The van der Waals surface area contributed by atoms with Crippen LogP contribution >= 0.6 is 11.3 Å². The van der Waals surface area contributed by atoms with Gasteiger partial charge in [0.05, 0.1) is 11.8 Å². The summed E-state index contributed by atoms with van der Waals surface area (Å²) in [4.78, 5) is 28.1. The van der Waals surface area contributed by atoms with Crippen LogP contribution < -0.4 is 5.32 Å². The lowest BCUT2D eigenvalue weighted by molar-refractivity contribution is -0.132. The average molecular weight is 587 g/mol. The van der Waals surface area contributed by atoms with E-state index >= 15 is 4.39 Å². The van der Waals surface area contributed by atoms with E-state index in [9.17, 15) is 18.4 Å². The number of ether oxygens (including phenoxy) is 1. The molecule has 1 unspecified atom stereocenters. The molecule has 0 spiro atoms. The first-order valence-electron chi connectivity index (χ1n) is 13.8. The Balaban J connectivity index is 1.54. The number of rotatable bonds is 11. The number of unbranched alkanes of at least 4 members (excludes halogenated alkanes) is 1. The fourth-order valence-electron chi connectivity index (χ4n) is 4.99. The lowest BCUT2D eigenvalue weighted by Crippen LogP contribution is -2.21. The monoisotopic (exact) mass is 586 g/mol. The molecule has 0 bridgehead atoms. The molecule has 2 aromatic carbocycles. The van der Waals surface area contributed by atoms with Gasteiger partial charge >= 0.3 is 5.97 Å². The minimum absolute atomic E-state index is 0.129. The molecule has 1 aromatic heterocycles. The van der Waals surface area contributed by atoms with E-state index in [-0.39, 0.29) is 33.9 Å². The molecule has 0 radical (unpaired) electrons. The van der Waals surface area contributed by atoms with Crippen molar-refractivity contribution in [2.75, 3.05) is 11.9 Å². The summed E-state index contributed by atoms with van der Waals surface area (Å²) in [6.07, 6.45) is 7.76. The Morgan fingerprint density at radius 3 is 2.54 bits per heavy atom. The van der Waals surface area contributed by atoms with Crippen LogP contribution in [0, 0.1) is 23.4 Å². The molecule has 1 amide bonds. The molecule has 1 atom stereocenters. The standard InChI is InChI=1S/C31H33F3N2O4S/c1-3-4-13-40-28(19-9-6-5-7-10-19)22-12-8-11-21(27(22)34)26-17-41-31(35-26)36-29(37)20-15-24(32)23(25(33)16-20)14-18(2)30(38)39/h8,11-12,14-17,19,28H,3-7,9-10,13H2,1-2H3,(H,38,39)(H,35,36,37)/b18-14+. The second-order valence-electron chi connectivity index (χ2n) is 10.2. The van der Waals surface area contributed by atoms with Gasteiger partial charge in [-0.1, -0.05) is 44.7 Å². The number of carboxylic acid groups (broad SMARTS) is 1. The zero-order chi connectivity index (χ0) is 29.5. The Morgan fingerprint density at radius 2 is 1.88 bits per heavy atom. The van der Waals surface area contributed by atoms with Crippen molar-refractivity contribution in [1.29, 1.82) is 0 Å². The molecule has 1 heterocycles. The van der Waals surface area contributed by atoms with Crippen molar-refractivity contribution in [3.05, 3.63) is 75.4 Å². The fraction of sp³-hybridized carbons (Fsp3) is 0.387. The number of thiazole rings is 1. The third kappa shape index (κ3) is 7.42. The summed E-state index contributed by atoms with van der Waals surface area (Å²) >= 11 is 1.06. The Bertz CT molecular complexity index is 1410. The van der Waals surface area contributed by atoms with Crippen molar-refractivity contribution in [3.63, 3.8) is 0 Å². The van der Waals surface area contributed by atoms with E-state index in [1.165, 1.54) is 13.3 Å². The lowest BCUT2D eigenvalue weighted by Gasteiger charge is -2.31. The van der Waals surface area contributed by atoms with Crippen LogP contribution in [0.1, 0.15) is 86.4 Å². The first-order chi connectivity index (χ1) is 19.7. The van der Waals surface area contributed by atoms with Gasteiger partial charge in [0.25, 0.3) is 5.91 Å². The molecule has 1 aliphatic carbocycles. The van der Waals surface area contributed by atoms with E-state index in [0.717, 1.165) is 68.1 Å². The van der Waals surface area contributed by atoms with Crippen LogP contribution in [0.15, 0.2) is 41.3 Å². The van der Waals surface area contributed by atoms with Crippen molar-refractivity contribution in [1.82, 2.24) is 4.98 Å². The summed E-state index contributed by atoms with van der Waals surface area (Å²) in [5.41, 5.74) is -0.0246. The van der Waals surface area contributed by atoms with Gasteiger partial charge in [0.2, 0.25) is 0 Å². The highest BCUT2D eigenvalue weighted by Gasteiger charge is 2.29. The Hall–Kier alpha value is -3.50. The molecule has 1 aliphatic rings. The first kappa shape index (κ1) is 30.5. The summed E-state index contributed by atoms with van der Waals surface area (Å²) < 4.78 is 51.2. The maximum absolute atomic E-state index is 15.9. The van der Waals surface area contributed by atoms with Crippen molar-refractivity contribution < 1.29 is 32.6 Å². The van der Waals surface area contributed by atoms with Crippen LogP contribution in [0.3, 0.4) is 0 Å². The number of aromatic nitrogens is 1. The number of nitrogens with zero attached hydrogens (tertiary/aromatic N) is 1. The van der Waals surface area contributed by atoms with E-state index in [4.69, 9.17) is 9.84 Å². The summed E-state index contributed by atoms with van der Waals surface area (Å²) in [5.74, 6) is -4.46. The highest BCUT2D eigenvalue weighted by atomic mass is 32.1. The average Bonchev–Trinajstić information content (AvgIpc) is 3.41. The van der Waals surface area contributed by atoms with E-state index in [2.05, 4.69) is 17.2 Å². The van der Waals surface area contributed by atoms with Gasteiger partial charge in [-0.2, -0.15) is 0 Å². The Labute approximate surface area is 241 Å². The number of carboxylic acids is 1. The summed E-state index contributed by atoms with van der Waals surface area (Å²) in [6.45, 7) is 3.85. The number of benzene rings is 2. The smallest absolute Gasteiger partial charge is 0.331 e. The van der Waals surface area contributed by atoms with Crippen molar-refractivity contribution in [3.8, 4) is 11.3 Å². The van der Waals surface area contributed by atoms with E-state index in [1.807, 2.05) is 0 Å². The Kier molecular flexibility index (Phi) is 10.3. The predicted molar refractivity (Wildman–Crippen MR) is 153 cm³/mol. The molecular formula is C31H33F3N2O4S. The number of anilines is 1. The minimum atomic E-state index is -1.32. The lowest BCUT2D eigenvalue weighted by atomic mass is 9.82. The molecule has 41 heavy (non-hydrogen) atoms. The second kappa shape index (κ2) is 13.9. The van der Waals surface area contributed by atoms with Gasteiger partial charge in [0.1, 0.15) is 17.5 Å². The minimum Gasteiger partial charge on any atom is -0.478 e. The van der Waals surface area contributed by atoms with Crippen molar-refractivity contribution in [2.24, 2.45) is 5.92 Å². The van der Waals surface area contributed by atoms with Crippen molar-refractivity contribution in [2.45, 2.75) is 64.9 Å². The number of hydrogen-bond donors (Lipinski definition) is 2. The SMILES string of the molecule is CCCCOC(c1cccc(-c2csc(NC(=O)c3cc(F)c(/C=C(\C)C(=O)O)c(F)c3)n2)c1F)C1CCCCC1.